The summed E-state index contributed by atoms with van der Waals surface area (Å²) in [5, 5.41) is 4.69. The first-order chi connectivity index (χ1) is 13.3. The lowest BCUT2D eigenvalue weighted by Gasteiger charge is -2.25. The monoisotopic (exact) mass is 366 g/mol. The van der Waals surface area contributed by atoms with Crippen LogP contribution in [0, 0.1) is 0 Å². The Balaban J connectivity index is 1.70. The molecule has 0 atom stereocenters. The second kappa shape index (κ2) is 7.85. The Morgan fingerprint density at radius 2 is 1.93 bits per heavy atom. The number of hydrogen-bond donors (Lipinski definition) is 0. The van der Waals surface area contributed by atoms with E-state index in [4.69, 9.17) is 14.6 Å². The smallest absolute Gasteiger partial charge is 0.341 e. The first-order valence-corrected chi connectivity index (χ1v) is 9.09. The fraction of sp³-hybridized carbons (Fsp3) is 0.350. The summed E-state index contributed by atoms with van der Waals surface area (Å²) < 4.78 is 12.0. The molecule has 7 nitrogen and oxygen atoms in total. The highest BCUT2D eigenvalue weighted by Gasteiger charge is 2.19. The molecule has 0 N–H and O–H groups in total. The largest absolute Gasteiger partial charge is 0.465 e. The molecule has 0 amide bonds. The van der Waals surface area contributed by atoms with Crippen LogP contribution in [0.5, 0.6) is 0 Å². The maximum Gasteiger partial charge on any atom is 0.341 e. The molecule has 2 aromatic heterocycles. The number of carbonyl (C=O) groups is 1. The Labute approximate surface area is 157 Å². The number of morpholine rings is 1. The molecule has 1 aliphatic rings. The van der Waals surface area contributed by atoms with Gasteiger partial charge in [-0.05, 0) is 12.1 Å². The van der Waals surface area contributed by atoms with Gasteiger partial charge in [0.1, 0.15) is 5.56 Å². The fourth-order valence-corrected chi connectivity index (χ4v) is 3.29. The van der Waals surface area contributed by atoms with E-state index in [1.165, 1.54) is 7.11 Å². The van der Waals surface area contributed by atoms with E-state index in [1.54, 1.807) is 10.6 Å². The van der Waals surface area contributed by atoms with Crippen molar-refractivity contribution in [2.24, 2.45) is 0 Å². The summed E-state index contributed by atoms with van der Waals surface area (Å²) in [4.78, 5) is 19.2. The Hall–Kier alpha value is -2.77. The van der Waals surface area contributed by atoms with Crippen molar-refractivity contribution in [1.82, 2.24) is 19.5 Å². The number of nitrogens with zero attached hydrogens (tertiary/aromatic N) is 4. The Kier molecular flexibility index (Phi) is 5.13. The zero-order valence-electron chi connectivity index (χ0n) is 15.3. The van der Waals surface area contributed by atoms with Crippen molar-refractivity contribution in [2.45, 2.75) is 6.42 Å². The second-order valence-corrected chi connectivity index (χ2v) is 6.46. The molecular weight excluding hydrogens is 344 g/mol. The van der Waals surface area contributed by atoms with Gasteiger partial charge in [-0.3, -0.25) is 4.90 Å². The lowest BCUT2D eigenvalue weighted by molar-refractivity contribution is 0.0382. The number of rotatable bonds is 5. The lowest BCUT2D eigenvalue weighted by atomic mass is 10.1. The van der Waals surface area contributed by atoms with E-state index in [9.17, 15) is 4.79 Å². The van der Waals surface area contributed by atoms with Crippen molar-refractivity contribution in [1.29, 1.82) is 0 Å². The SMILES string of the molecule is COC(=O)c1ccc(-c2ccccc2)n2nc(CCN3CCOCC3)nc12. The summed E-state index contributed by atoms with van der Waals surface area (Å²) >= 11 is 0. The summed E-state index contributed by atoms with van der Waals surface area (Å²) in [6.45, 7) is 4.26. The van der Waals surface area contributed by atoms with Gasteiger partial charge in [-0.2, -0.15) is 5.10 Å². The third-order valence-corrected chi connectivity index (χ3v) is 4.76. The van der Waals surface area contributed by atoms with Gasteiger partial charge in [0.2, 0.25) is 0 Å². The maximum absolute atomic E-state index is 12.2. The molecule has 1 aromatic carbocycles. The molecule has 140 valence electrons. The number of ether oxygens (including phenoxy) is 2. The molecule has 1 saturated heterocycles. The third kappa shape index (κ3) is 3.70. The number of fused-ring (bicyclic) bond motifs is 1. The summed E-state index contributed by atoms with van der Waals surface area (Å²) in [5.74, 6) is 0.307. The maximum atomic E-state index is 12.2. The van der Waals surface area contributed by atoms with E-state index in [1.807, 2.05) is 36.4 Å². The highest BCUT2D eigenvalue weighted by molar-refractivity contribution is 5.96. The van der Waals surface area contributed by atoms with E-state index >= 15 is 0 Å². The van der Waals surface area contributed by atoms with Gasteiger partial charge in [0.05, 0.1) is 26.0 Å². The van der Waals surface area contributed by atoms with Crippen LogP contribution in [0.25, 0.3) is 16.9 Å². The Morgan fingerprint density at radius 3 is 2.67 bits per heavy atom. The quantitative estimate of drug-likeness (QED) is 0.644. The molecule has 0 aliphatic carbocycles. The van der Waals surface area contributed by atoms with E-state index < -0.39 is 5.97 Å². The standard InChI is InChI=1S/C20H22N4O3/c1-26-20(25)16-7-8-17(15-5-3-2-4-6-15)24-19(16)21-18(22-24)9-10-23-11-13-27-14-12-23/h2-8H,9-14H2,1H3. The van der Waals surface area contributed by atoms with Crippen molar-refractivity contribution in [3.8, 4) is 11.3 Å². The van der Waals surface area contributed by atoms with Crippen molar-refractivity contribution in [2.75, 3.05) is 40.0 Å². The zero-order chi connectivity index (χ0) is 18.6. The van der Waals surface area contributed by atoms with Crippen LogP contribution >= 0.6 is 0 Å². The Morgan fingerprint density at radius 1 is 1.15 bits per heavy atom. The molecule has 1 fully saturated rings. The molecule has 3 aromatic rings. The van der Waals surface area contributed by atoms with E-state index in [0.717, 1.165) is 56.4 Å². The van der Waals surface area contributed by atoms with Gasteiger partial charge < -0.3 is 9.47 Å². The van der Waals surface area contributed by atoms with Crippen molar-refractivity contribution in [3.63, 3.8) is 0 Å². The average Bonchev–Trinajstić information content (AvgIpc) is 3.16. The minimum Gasteiger partial charge on any atom is -0.465 e. The number of carbonyl (C=O) groups excluding carboxylic acids is 1. The predicted molar refractivity (Wildman–Crippen MR) is 101 cm³/mol. The first kappa shape index (κ1) is 17.6. The van der Waals surface area contributed by atoms with Crippen LogP contribution in [-0.2, 0) is 15.9 Å². The van der Waals surface area contributed by atoms with Gasteiger partial charge in [-0.15, -0.1) is 0 Å². The van der Waals surface area contributed by atoms with Crippen LogP contribution in [0.1, 0.15) is 16.2 Å². The number of hydrogen-bond acceptors (Lipinski definition) is 6. The van der Waals surface area contributed by atoms with Gasteiger partial charge in [0.15, 0.2) is 11.5 Å². The van der Waals surface area contributed by atoms with Crippen LogP contribution < -0.4 is 0 Å². The number of benzene rings is 1. The van der Waals surface area contributed by atoms with E-state index in [-0.39, 0.29) is 0 Å². The van der Waals surface area contributed by atoms with Gasteiger partial charge in [-0.1, -0.05) is 30.3 Å². The molecule has 27 heavy (non-hydrogen) atoms. The summed E-state index contributed by atoms with van der Waals surface area (Å²) in [7, 11) is 1.37. The molecule has 0 bridgehead atoms. The number of aromatic nitrogens is 3. The average molecular weight is 366 g/mol. The van der Waals surface area contributed by atoms with Crippen molar-refractivity contribution < 1.29 is 14.3 Å². The van der Waals surface area contributed by atoms with Crippen LogP contribution in [0.4, 0.5) is 0 Å². The number of esters is 1. The summed E-state index contributed by atoms with van der Waals surface area (Å²) in [6, 6.07) is 13.6. The molecule has 0 unspecified atom stereocenters. The normalized spacial score (nSPS) is 15.1. The van der Waals surface area contributed by atoms with Crippen LogP contribution in [0.3, 0.4) is 0 Å². The predicted octanol–water partition coefficient (Wildman–Crippen LogP) is 2.06. The van der Waals surface area contributed by atoms with Crippen LogP contribution in [0.15, 0.2) is 42.5 Å². The molecular formula is C20H22N4O3. The van der Waals surface area contributed by atoms with Crippen LogP contribution in [0.2, 0.25) is 0 Å². The number of methoxy groups -OCH3 is 1. The highest BCUT2D eigenvalue weighted by atomic mass is 16.5. The molecule has 7 heteroatoms. The summed E-state index contributed by atoms with van der Waals surface area (Å²) in [6.07, 6.45) is 0.719. The molecule has 1 aliphatic heterocycles. The first-order valence-electron chi connectivity index (χ1n) is 9.09. The van der Waals surface area contributed by atoms with E-state index in [2.05, 4.69) is 9.88 Å². The second-order valence-electron chi connectivity index (χ2n) is 6.46. The Bertz CT molecular complexity index is 933. The topological polar surface area (TPSA) is 69.0 Å². The third-order valence-electron chi connectivity index (χ3n) is 4.76. The molecule has 3 heterocycles. The molecule has 0 radical (unpaired) electrons. The highest BCUT2D eigenvalue weighted by Crippen LogP contribution is 2.23. The zero-order valence-corrected chi connectivity index (χ0v) is 15.3. The molecule has 0 saturated carbocycles. The molecule has 0 spiro atoms. The van der Waals surface area contributed by atoms with Gasteiger partial charge >= 0.3 is 5.97 Å². The van der Waals surface area contributed by atoms with Gasteiger partial charge in [-0.25, -0.2) is 14.3 Å². The summed E-state index contributed by atoms with van der Waals surface area (Å²) in [5.41, 5.74) is 2.86. The number of pyridine rings is 1. The van der Waals surface area contributed by atoms with Gasteiger partial charge in [0, 0.05) is 31.6 Å². The van der Waals surface area contributed by atoms with Gasteiger partial charge in [0.25, 0.3) is 0 Å². The van der Waals surface area contributed by atoms with Crippen molar-refractivity contribution in [3.05, 3.63) is 53.9 Å². The minimum atomic E-state index is -0.410. The minimum absolute atomic E-state index is 0.410. The fourth-order valence-electron chi connectivity index (χ4n) is 3.29. The van der Waals surface area contributed by atoms with E-state index in [0.29, 0.717) is 11.2 Å². The van der Waals surface area contributed by atoms with Crippen LogP contribution in [-0.4, -0.2) is 65.4 Å². The van der Waals surface area contributed by atoms with Crippen molar-refractivity contribution >= 4 is 11.6 Å². The lowest BCUT2D eigenvalue weighted by Crippen LogP contribution is -2.37. The molecule has 4 rings (SSSR count).